The first kappa shape index (κ1) is 18.5. The van der Waals surface area contributed by atoms with E-state index in [4.69, 9.17) is 9.15 Å². The Labute approximate surface area is 152 Å². The number of anilines is 1. The Balaban J connectivity index is 1.73. The van der Waals surface area contributed by atoms with Crippen LogP contribution < -0.4 is 10.1 Å². The van der Waals surface area contributed by atoms with Crippen LogP contribution in [-0.2, 0) is 17.4 Å². The fourth-order valence-electron chi connectivity index (χ4n) is 2.57. The quantitative estimate of drug-likeness (QED) is 0.710. The molecule has 3 rings (SSSR count). The summed E-state index contributed by atoms with van der Waals surface area (Å²) in [5, 5.41) is 2.65. The fourth-order valence-corrected chi connectivity index (χ4v) is 2.57. The number of hydrogen-bond donors (Lipinski definition) is 1. The number of carbonyl (C=O) groups excluding carboxylic acids is 1. The number of amides is 1. The molecule has 27 heavy (non-hydrogen) atoms. The van der Waals surface area contributed by atoms with Crippen molar-refractivity contribution in [1.82, 2.24) is 4.98 Å². The second-order valence-electron chi connectivity index (χ2n) is 5.70. The highest BCUT2D eigenvalue weighted by atomic mass is 19.4. The van der Waals surface area contributed by atoms with Crippen LogP contribution in [0.1, 0.15) is 11.1 Å². The molecule has 0 atom stereocenters. The summed E-state index contributed by atoms with van der Waals surface area (Å²) in [5.41, 5.74) is 0.594. The van der Waals surface area contributed by atoms with E-state index in [1.807, 2.05) is 0 Å². The third-order valence-electron chi connectivity index (χ3n) is 3.80. The summed E-state index contributed by atoms with van der Waals surface area (Å²) in [4.78, 5) is 16.0. The second-order valence-corrected chi connectivity index (χ2v) is 5.70. The van der Waals surface area contributed by atoms with Gasteiger partial charge in [0.15, 0.2) is 12.2 Å². The van der Waals surface area contributed by atoms with Crippen LogP contribution in [0, 0.1) is 0 Å². The number of benzene rings is 2. The van der Waals surface area contributed by atoms with Crippen molar-refractivity contribution < 1.29 is 27.1 Å². The maximum Gasteiger partial charge on any atom is 0.416 e. The molecule has 0 aliphatic heterocycles. The molecule has 0 radical (unpaired) electrons. The van der Waals surface area contributed by atoms with E-state index >= 15 is 0 Å². The predicted octanol–water partition coefficient (Wildman–Crippen LogP) is 4.55. The maximum atomic E-state index is 12.8. The lowest BCUT2D eigenvalue weighted by atomic mass is 10.1. The zero-order valence-corrected chi connectivity index (χ0v) is 14.2. The first-order valence-corrected chi connectivity index (χ1v) is 7.89. The van der Waals surface area contributed by atoms with E-state index in [-0.39, 0.29) is 12.0 Å². The molecule has 8 heteroatoms. The van der Waals surface area contributed by atoms with E-state index < -0.39 is 17.6 Å². The number of ether oxygens (including phenoxy) is 1. The summed E-state index contributed by atoms with van der Waals surface area (Å²) in [6.45, 7) is 0. The minimum atomic E-state index is -4.45. The summed E-state index contributed by atoms with van der Waals surface area (Å²) in [5.74, 6) is 0.529. The van der Waals surface area contributed by atoms with Crippen LogP contribution in [0.3, 0.4) is 0 Å². The molecule has 0 spiro atoms. The Bertz CT molecular complexity index is 938. The number of aromatic nitrogens is 1. The van der Waals surface area contributed by atoms with Crippen molar-refractivity contribution in [3.8, 4) is 17.1 Å². The summed E-state index contributed by atoms with van der Waals surface area (Å²) in [6, 6.07) is 9.62. The molecule has 1 aromatic heterocycles. The topological polar surface area (TPSA) is 64.4 Å². The first-order valence-electron chi connectivity index (χ1n) is 7.89. The Morgan fingerprint density at radius 3 is 2.70 bits per heavy atom. The lowest BCUT2D eigenvalue weighted by Gasteiger charge is -2.11. The van der Waals surface area contributed by atoms with Crippen molar-refractivity contribution in [1.29, 1.82) is 0 Å². The number of methoxy groups -OCH3 is 1. The molecular formula is C19H15F3N2O3. The van der Waals surface area contributed by atoms with Crippen molar-refractivity contribution >= 4 is 11.6 Å². The molecule has 0 unspecified atom stereocenters. The van der Waals surface area contributed by atoms with Crippen LogP contribution in [0.4, 0.5) is 18.9 Å². The van der Waals surface area contributed by atoms with Gasteiger partial charge in [0.2, 0.25) is 5.91 Å². The van der Waals surface area contributed by atoms with Crippen LogP contribution >= 0.6 is 0 Å². The summed E-state index contributed by atoms with van der Waals surface area (Å²) in [6.07, 6.45) is -1.81. The molecular weight excluding hydrogens is 361 g/mol. The van der Waals surface area contributed by atoms with Crippen molar-refractivity contribution in [2.75, 3.05) is 12.4 Å². The minimum Gasteiger partial charge on any atom is -0.496 e. The van der Waals surface area contributed by atoms with Crippen molar-refractivity contribution in [3.63, 3.8) is 0 Å². The van der Waals surface area contributed by atoms with Gasteiger partial charge in [-0.25, -0.2) is 4.98 Å². The van der Waals surface area contributed by atoms with E-state index in [1.54, 1.807) is 18.2 Å². The SMILES string of the molecule is COc1cc(NC(=O)Cc2cccc(C(F)(F)F)c2)ccc1-c1cnco1. The van der Waals surface area contributed by atoms with Gasteiger partial charge in [-0.15, -0.1) is 0 Å². The van der Waals surface area contributed by atoms with Crippen LogP contribution in [-0.4, -0.2) is 18.0 Å². The van der Waals surface area contributed by atoms with E-state index in [9.17, 15) is 18.0 Å². The molecule has 0 fully saturated rings. The molecule has 0 bridgehead atoms. The van der Waals surface area contributed by atoms with Crippen LogP contribution in [0.5, 0.6) is 5.75 Å². The van der Waals surface area contributed by atoms with Crippen LogP contribution in [0.15, 0.2) is 59.5 Å². The number of oxazole rings is 1. The van der Waals surface area contributed by atoms with E-state index in [1.165, 1.54) is 31.8 Å². The molecule has 5 nitrogen and oxygen atoms in total. The number of hydrogen-bond acceptors (Lipinski definition) is 4. The highest BCUT2D eigenvalue weighted by Gasteiger charge is 2.30. The molecule has 1 heterocycles. The largest absolute Gasteiger partial charge is 0.496 e. The predicted molar refractivity (Wildman–Crippen MR) is 92.3 cm³/mol. The Hall–Kier alpha value is -3.29. The molecule has 140 valence electrons. The van der Waals surface area contributed by atoms with Crippen LogP contribution in [0.25, 0.3) is 11.3 Å². The summed E-state index contributed by atoms with van der Waals surface area (Å²) < 4.78 is 48.8. The summed E-state index contributed by atoms with van der Waals surface area (Å²) >= 11 is 0. The Morgan fingerprint density at radius 2 is 2.04 bits per heavy atom. The number of nitrogens with one attached hydrogen (secondary N) is 1. The molecule has 0 aliphatic carbocycles. The van der Waals surface area contributed by atoms with Gasteiger partial charge in [-0.1, -0.05) is 18.2 Å². The van der Waals surface area contributed by atoms with Gasteiger partial charge in [0.25, 0.3) is 0 Å². The summed E-state index contributed by atoms with van der Waals surface area (Å²) in [7, 11) is 1.48. The van der Waals surface area contributed by atoms with Gasteiger partial charge in [0.05, 0.1) is 30.9 Å². The molecule has 1 amide bonds. The number of halogens is 3. The van der Waals surface area contributed by atoms with E-state index in [0.29, 0.717) is 22.8 Å². The van der Waals surface area contributed by atoms with Gasteiger partial charge in [-0.05, 0) is 23.8 Å². The molecule has 1 N–H and O–H groups in total. The van der Waals surface area contributed by atoms with Crippen molar-refractivity contribution in [3.05, 3.63) is 66.2 Å². The smallest absolute Gasteiger partial charge is 0.416 e. The van der Waals surface area contributed by atoms with Gasteiger partial charge in [-0.3, -0.25) is 4.79 Å². The highest BCUT2D eigenvalue weighted by Crippen LogP contribution is 2.32. The third kappa shape index (κ3) is 4.46. The molecule has 3 aromatic rings. The maximum absolute atomic E-state index is 12.8. The number of alkyl halides is 3. The first-order chi connectivity index (χ1) is 12.9. The highest BCUT2D eigenvalue weighted by molar-refractivity contribution is 5.93. The standard InChI is InChI=1S/C19H15F3N2O3/c1-26-16-9-14(5-6-15(16)17-10-23-11-27-17)24-18(25)8-12-3-2-4-13(7-12)19(20,21)22/h2-7,9-11H,8H2,1H3,(H,24,25). The zero-order chi connectivity index (χ0) is 19.4. The van der Waals surface area contributed by atoms with Gasteiger partial charge >= 0.3 is 6.18 Å². The van der Waals surface area contributed by atoms with Gasteiger partial charge in [-0.2, -0.15) is 13.2 Å². The zero-order valence-electron chi connectivity index (χ0n) is 14.2. The molecule has 0 saturated heterocycles. The van der Waals surface area contributed by atoms with Crippen molar-refractivity contribution in [2.24, 2.45) is 0 Å². The van der Waals surface area contributed by atoms with E-state index in [0.717, 1.165) is 12.1 Å². The Kier molecular flexibility index (Phi) is 5.16. The average molecular weight is 376 g/mol. The number of nitrogens with zero attached hydrogens (tertiary/aromatic N) is 1. The van der Waals surface area contributed by atoms with Gasteiger partial charge in [0.1, 0.15) is 5.75 Å². The Morgan fingerprint density at radius 1 is 1.22 bits per heavy atom. The lowest BCUT2D eigenvalue weighted by Crippen LogP contribution is -2.15. The molecule has 2 aromatic carbocycles. The third-order valence-corrected chi connectivity index (χ3v) is 3.80. The van der Waals surface area contributed by atoms with Gasteiger partial charge < -0.3 is 14.5 Å². The average Bonchev–Trinajstić information content (AvgIpc) is 3.15. The second kappa shape index (κ2) is 7.53. The fraction of sp³-hybridized carbons (Fsp3) is 0.158. The number of rotatable bonds is 5. The molecule has 0 aliphatic rings. The minimum absolute atomic E-state index is 0.184. The number of carbonyl (C=O) groups is 1. The van der Waals surface area contributed by atoms with Crippen LogP contribution in [0.2, 0.25) is 0 Å². The van der Waals surface area contributed by atoms with Crippen molar-refractivity contribution in [2.45, 2.75) is 12.6 Å². The monoisotopic (exact) mass is 376 g/mol. The normalized spacial score (nSPS) is 11.3. The lowest BCUT2D eigenvalue weighted by molar-refractivity contribution is -0.137. The van der Waals surface area contributed by atoms with E-state index in [2.05, 4.69) is 10.3 Å². The van der Waals surface area contributed by atoms with Gasteiger partial charge in [0, 0.05) is 11.8 Å². The molecule has 0 saturated carbocycles.